The van der Waals surface area contributed by atoms with Gasteiger partial charge in [0.1, 0.15) is 16.8 Å². The van der Waals surface area contributed by atoms with Crippen LogP contribution in [0.1, 0.15) is 25.0 Å². The maximum atomic E-state index is 6.06. The number of aryl methyl sites for hydroxylation is 1. The summed E-state index contributed by atoms with van der Waals surface area (Å²) in [6, 6.07) is 8.22. The summed E-state index contributed by atoms with van der Waals surface area (Å²) in [5, 5.41) is 0.654. The Labute approximate surface area is 123 Å². The number of halogens is 1. The average molecular weight is 289 g/mol. The molecule has 0 N–H and O–H groups in total. The van der Waals surface area contributed by atoms with Gasteiger partial charge in [0.25, 0.3) is 0 Å². The van der Waals surface area contributed by atoms with Crippen molar-refractivity contribution in [2.75, 3.05) is 0 Å². The third kappa shape index (κ3) is 2.20. The largest absolute Gasteiger partial charge is 0.321 e. The van der Waals surface area contributed by atoms with Crippen LogP contribution in [0.5, 0.6) is 0 Å². The summed E-state index contributed by atoms with van der Waals surface area (Å²) in [5.74, 6) is 2.04. The first-order chi connectivity index (χ1) is 9.70. The van der Waals surface area contributed by atoms with E-state index in [1.54, 1.807) is 6.20 Å². The monoisotopic (exact) mass is 288 g/mol. The highest BCUT2D eigenvalue weighted by Crippen LogP contribution is 2.19. The minimum absolute atomic E-state index is 0.654. The Morgan fingerprint density at radius 3 is 2.70 bits per heavy atom. The minimum atomic E-state index is 0.654. The zero-order chi connectivity index (χ0) is 14.1. The van der Waals surface area contributed by atoms with E-state index >= 15 is 0 Å². The van der Waals surface area contributed by atoms with Crippen molar-refractivity contribution in [3.8, 4) is 0 Å². The first-order valence-corrected chi connectivity index (χ1v) is 7.18. The van der Waals surface area contributed by atoms with E-state index in [9.17, 15) is 0 Å². The Morgan fingerprint density at radius 2 is 2.00 bits per heavy atom. The molecule has 0 fully saturated rings. The molecule has 0 aliphatic heterocycles. The highest BCUT2D eigenvalue weighted by Gasteiger charge is 2.12. The zero-order valence-corrected chi connectivity index (χ0v) is 12.4. The van der Waals surface area contributed by atoms with E-state index in [-0.39, 0.29) is 0 Å². The van der Waals surface area contributed by atoms with Crippen LogP contribution in [0.25, 0.3) is 11.0 Å². The molecule has 0 radical (unpaired) electrons. The standard InChI is InChI=1S/C15H17ClN4/c1-3-6-14-18-11-7-4-5-8-12(11)20(14)10-15-17-9-13(16)19(15)2/h4-5,7-9H,3,6,10H2,1-2H3. The van der Waals surface area contributed by atoms with Crippen LogP contribution in [-0.4, -0.2) is 19.1 Å². The molecule has 3 rings (SSSR count). The predicted octanol–water partition coefficient (Wildman–Crippen LogP) is 3.42. The molecular weight excluding hydrogens is 272 g/mol. The van der Waals surface area contributed by atoms with Crippen molar-refractivity contribution >= 4 is 22.6 Å². The first kappa shape index (κ1) is 13.2. The van der Waals surface area contributed by atoms with E-state index in [1.165, 1.54) is 0 Å². The van der Waals surface area contributed by atoms with Gasteiger partial charge < -0.3 is 9.13 Å². The number of benzene rings is 1. The minimum Gasteiger partial charge on any atom is -0.321 e. The number of fused-ring (bicyclic) bond motifs is 1. The lowest BCUT2D eigenvalue weighted by molar-refractivity contribution is 0.668. The van der Waals surface area contributed by atoms with E-state index in [4.69, 9.17) is 16.6 Å². The quantitative estimate of drug-likeness (QED) is 0.737. The van der Waals surface area contributed by atoms with Gasteiger partial charge in [-0.1, -0.05) is 30.7 Å². The molecule has 0 saturated heterocycles. The van der Waals surface area contributed by atoms with Crippen molar-refractivity contribution in [2.45, 2.75) is 26.3 Å². The van der Waals surface area contributed by atoms with Crippen molar-refractivity contribution in [2.24, 2.45) is 7.05 Å². The summed E-state index contributed by atoms with van der Waals surface area (Å²) in [4.78, 5) is 9.11. The van der Waals surface area contributed by atoms with Crippen molar-refractivity contribution in [1.29, 1.82) is 0 Å². The molecule has 0 bridgehead atoms. The molecule has 3 aromatic rings. The Balaban J connectivity index is 2.09. The molecule has 4 nitrogen and oxygen atoms in total. The zero-order valence-electron chi connectivity index (χ0n) is 11.7. The summed E-state index contributed by atoms with van der Waals surface area (Å²) in [6.07, 6.45) is 3.73. The van der Waals surface area contributed by atoms with Crippen LogP contribution in [0.3, 0.4) is 0 Å². The predicted molar refractivity (Wildman–Crippen MR) is 81.0 cm³/mol. The van der Waals surface area contributed by atoms with Crippen LogP contribution in [0.15, 0.2) is 30.5 Å². The van der Waals surface area contributed by atoms with E-state index in [0.717, 1.165) is 35.5 Å². The molecule has 2 heterocycles. The molecule has 1 aromatic carbocycles. The van der Waals surface area contributed by atoms with E-state index < -0.39 is 0 Å². The lowest BCUT2D eigenvalue weighted by Crippen LogP contribution is -2.09. The Kier molecular flexibility index (Phi) is 3.49. The van der Waals surface area contributed by atoms with Gasteiger partial charge in [0.05, 0.1) is 23.8 Å². The number of imidazole rings is 2. The molecule has 5 heteroatoms. The fraction of sp³-hybridized carbons (Fsp3) is 0.333. The van der Waals surface area contributed by atoms with Gasteiger partial charge in [-0.3, -0.25) is 0 Å². The summed E-state index contributed by atoms with van der Waals surface area (Å²) in [7, 11) is 1.93. The van der Waals surface area contributed by atoms with E-state index in [2.05, 4.69) is 28.6 Å². The molecule has 104 valence electrons. The van der Waals surface area contributed by atoms with Crippen LogP contribution in [-0.2, 0) is 20.0 Å². The van der Waals surface area contributed by atoms with Crippen LogP contribution >= 0.6 is 11.6 Å². The first-order valence-electron chi connectivity index (χ1n) is 6.81. The van der Waals surface area contributed by atoms with E-state index in [1.807, 2.05) is 23.7 Å². The van der Waals surface area contributed by atoms with Crippen LogP contribution in [0, 0.1) is 0 Å². The lowest BCUT2D eigenvalue weighted by atomic mass is 10.3. The van der Waals surface area contributed by atoms with E-state index in [0.29, 0.717) is 11.7 Å². The third-order valence-corrected chi connectivity index (χ3v) is 3.89. The van der Waals surface area contributed by atoms with Gasteiger partial charge in [0.15, 0.2) is 0 Å². The fourth-order valence-corrected chi connectivity index (χ4v) is 2.58. The Morgan fingerprint density at radius 1 is 1.20 bits per heavy atom. The van der Waals surface area contributed by atoms with Crippen molar-refractivity contribution in [3.63, 3.8) is 0 Å². The second kappa shape index (κ2) is 5.29. The van der Waals surface area contributed by atoms with Crippen LogP contribution < -0.4 is 0 Å². The molecule has 20 heavy (non-hydrogen) atoms. The van der Waals surface area contributed by atoms with Crippen molar-refractivity contribution in [3.05, 3.63) is 47.3 Å². The molecule has 0 unspecified atom stereocenters. The van der Waals surface area contributed by atoms with Crippen molar-refractivity contribution < 1.29 is 0 Å². The number of nitrogens with zero attached hydrogens (tertiary/aromatic N) is 4. The molecule has 0 aliphatic carbocycles. The molecule has 0 atom stereocenters. The average Bonchev–Trinajstić information content (AvgIpc) is 2.95. The second-order valence-electron chi connectivity index (χ2n) is 4.91. The van der Waals surface area contributed by atoms with Gasteiger partial charge in [0, 0.05) is 13.5 Å². The molecule has 0 amide bonds. The molecule has 0 aliphatic rings. The number of aromatic nitrogens is 4. The number of hydrogen-bond donors (Lipinski definition) is 0. The maximum absolute atomic E-state index is 6.06. The molecule has 0 saturated carbocycles. The fourth-order valence-electron chi connectivity index (χ4n) is 2.43. The highest BCUT2D eigenvalue weighted by atomic mass is 35.5. The maximum Gasteiger partial charge on any atom is 0.129 e. The number of hydrogen-bond acceptors (Lipinski definition) is 2. The summed E-state index contributed by atoms with van der Waals surface area (Å²) >= 11 is 6.06. The molecule has 0 spiro atoms. The number of para-hydroxylation sites is 2. The lowest BCUT2D eigenvalue weighted by Gasteiger charge is -2.09. The topological polar surface area (TPSA) is 35.6 Å². The van der Waals surface area contributed by atoms with Gasteiger partial charge in [0.2, 0.25) is 0 Å². The van der Waals surface area contributed by atoms with Crippen LogP contribution in [0.4, 0.5) is 0 Å². The SMILES string of the molecule is CCCc1nc2ccccc2n1Cc1ncc(Cl)n1C. The van der Waals surface area contributed by atoms with Gasteiger partial charge in [-0.25, -0.2) is 9.97 Å². The van der Waals surface area contributed by atoms with Gasteiger partial charge >= 0.3 is 0 Å². The number of rotatable bonds is 4. The summed E-state index contributed by atoms with van der Waals surface area (Å²) in [6.45, 7) is 2.86. The third-order valence-electron chi connectivity index (χ3n) is 3.53. The molecular formula is C15H17ClN4. The Hall–Kier alpha value is -1.81. The van der Waals surface area contributed by atoms with Crippen LogP contribution in [0.2, 0.25) is 5.15 Å². The normalized spacial score (nSPS) is 11.3. The summed E-state index contributed by atoms with van der Waals surface area (Å²) < 4.78 is 4.14. The highest BCUT2D eigenvalue weighted by molar-refractivity contribution is 6.29. The Bertz CT molecular complexity index is 741. The van der Waals surface area contributed by atoms with Gasteiger partial charge in [-0.05, 0) is 18.6 Å². The van der Waals surface area contributed by atoms with Crippen molar-refractivity contribution in [1.82, 2.24) is 19.1 Å². The molecule has 2 aromatic heterocycles. The van der Waals surface area contributed by atoms with Gasteiger partial charge in [-0.2, -0.15) is 0 Å². The summed E-state index contributed by atoms with van der Waals surface area (Å²) in [5.41, 5.74) is 2.19. The van der Waals surface area contributed by atoms with Gasteiger partial charge in [-0.15, -0.1) is 0 Å². The smallest absolute Gasteiger partial charge is 0.129 e. The second-order valence-corrected chi connectivity index (χ2v) is 5.30.